The van der Waals surface area contributed by atoms with Crippen LogP contribution in [0.3, 0.4) is 0 Å². The summed E-state index contributed by atoms with van der Waals surface area (Å²) in [5, 5.41) is 12.4. The van der Waals surface area contributed by atoms with Crippen LogP contribution in [0.4, 0.5) is 0 Å². The zero-order valence-electron chi connectivity index (χ0n) is 10.2. The molecule has 1 fully saturated rings. The third-order valence-corrected chi connectivity index (χ3v) is 3.30. The Hall–Kier alpha value is -1.29. The Morgan fingerprint density at radius 3 is 2.88 bits per heavy atom. The van der Waals surface area contributed by atoms with Crippen LogP contribution < -0.4 is 5.32 Å². The molecule has 0 spiro atoms. The van der Waals surface area contributed by atoms with E-state index >= 15 is 0 Å². The van der Waals surface area contributed by atoms with Crippen LogP contribution in [0.25, 0.3) is 0 Å². The number of nitrogens with one attached hydrogen (secondary N) is 1. The van der Waals surface area contributed by atoms with Crippen molar-refractivity contribution in [2.45, 2.75) is 51.3 Å². The Morgan fingerprint density at radius 1 is 1.59 bits per heavy atom. The van der Waals surface area contributed by atoms with Crippen LogP contribution in [-0.2, 0) is 11.3 Å². The first kappa shape index (κ1) is 12.2. The van der Waals surface area contributed by atoms with Gasteiger partial charge >= 0.3 is 0 Å². The molecule has 0 aromatic carbocycles. The van der Waals surface area contributed by atoms with Gasteiger partial charge < -0.3 is 15.0 Å². The van der Waals surface area contributed by atoms with E-state index in [0.29, 0.717) is 12.6 Å². The smallest absolute Gasteiger partial charge is 0.240 e. The average Bonchev–Trinajstić information content (AvgIpc) is 2.88. The maximum atomic E-state index is 11.8. The fourth-order valence-electron chi connectivity index (χ4n) is 2.31. The third kappa shape index (κ3) is 3.33. The Bertz CT molecular complexity index is 379. The van der Waals surface area contributed by atoms with Crippen molar-refractivity contribution < 1.29 is 9.90 Å². The highest BCUT2D eigenvalue weighted by molar-refractivity contribution is 5.76. The van der Waals surface area contributed by atoms with Crippen molar-refractivity contribution in [2.75, 3.05) is 0 Å². The van der Waals surface area contributed by atoms with E-state index in [2.05, 4.69) is 5.32 Å². The number of aromatic nitrogens is 1. The van der Waals surface area contributed by atoms with Gasteiger partial charge in [-0.15, -0.1) is 0 Å². The molecule has 4 heteroatoms. The van der Waals surface area contributed by atoms with Crippen molar-refractivity contribution in [1.82, 2.24) is 9.88 Å². The fraction of sp³-hybridized carbons (Fsp3) is 0.615. The van der Waals surface area contributed by atoms with Gasteiger partial charge in [0.2, 0.25) is 5.91 Å². The van der Waals surface area contributed by atoms with Crippen molar-refractivity contribution in [3.8, 4) is 0 Å². The van der Waals surface area contributed by atoms with Crippen LogP contribution in [0.15, 0.2) is 18.5 Å². The van der Waals surface area contributed by atoms with Gasteiger partial charge in [0.05, 0.1) is 6.10 Å². The fourth-order valence-corrected chi connectivity index (χ4v) is 2.31. The minimum Gasteiger partial charge on any atom is -0.389 e. The standard InChI is InChI=1S/C13H20N2O2/c1-10(16)11-6-7-15(8-11)9-13(17)14-12-4-2-3-5-12/h6-8,10,12,16H,2-5,9H2,1H3,(H,14,17). The number of carbonyl (C=O) groups excluding carboxylic acids is 1. The van der Waals surface area contributed by atoms with E-state index in [4.69, 9.17) is 0 Å². The molecular formula is C13H20N2O2. The molecule has 1 aliphatic rings. The summed E-state index contributed by atoms with van der Waals surface area (Å²) in [5.74, 6) is 0.0599. The molecule has 1 amide bonds. The molecule has 0 radical (unpaired) electrons. The van der Waals surface area contributed by atoms with E-state index < -0.39 is 6.10 Å². The monoisotopic (exact) mass is 236 g/mol. The number of aliphatic hydroxyl groups excluding tert-OH is 1. The van der Waals surface area contributed by atoms with E-state index in [1.807, 2.05) is 23.0 Å². The first-order chi connectivity index (χ1) is 8.15. The second-order valence-electron chi connectivity index (χ2n) is 4.84. The number of aliphatic hydroxyl groups is 1. The van der Waals surface area contributed by atoms with Crippen LogP contribution in [-0.4, -0.2) is 21.6 Å². The minimum atomic E-state index is -0.478. The molecule has 1 aromatic heterocycles. The molecule has 1 aliphatic carbocycles. The number of hydrogen-bond acceptors (Lipinski definition) is 2. The summed E-state index contributed by atoms with van der Waals surface area (Å²) in [7, 11) is 0. The topological polar surface area (TPSA) is 54.3 Å². The van der Waals surface area contributed by atoms with E-state index in [1.165, 1.54) is 12.8 Å². The SMILES string of the molecule is CC(O)c1ccn(CC(=O)NC2CCCC2)c1. The summed E-state index contributed by atoms with van der Waals surface area (Å²) in [6.07, 6.45) is 7.83. The van der Waals surface area contributed by atoms with Gasteiger partial charge in [-0.05, 0) is 31.4 Å². The molecule has 1 saturated carbocycles. The lowest BCUT2D eigenvalue weighted by atomic mass is 10.2. The van der Waals surface area contributed by atoms with Crippen LogP contribution in [0, 0.1) is 0 Å². The van der Waals surface area contributed by atoms with Crippen molar-refractivity contribution in [2.24, 2.45) is 0 Å². The Balaban J connectivity index is 1.84. The van der Waals surface area contributed by atoms with Crippen molar-refractivity contribution in [3.63, 3.8) is 0 Å². The van der Waals surface area contributed by atoms with Gasteiger partial charge in [0.15, 0.2) is 0 Å². The van der Waals surface area contributed by atoms with E-state index in [1.54, 1.807) is 6.92 Å². The zero-order chi connectivity index (χ0) is 12.3. The molecule has 1 aromatic rings. The zero-order valence-corrected chi connectivity index (χ0v) is 10.2. The first-order valence-corrected chi connectivity index (χ1v) is 6.28. The molecule has 1 unspecified atom stereocenters. The van der Waals surface area contributed by atoms with Gasteiger partial charge in [0.25, 0.3) is 0 Å². The molecule has 94 valence electrons. The normalized spacial score (nSPS) is 18.2. The molecular weight excluding hydrogens is 216 g/mol. The molecule has 2 rings (SSSR count). The first-order valence-electron chi connectivity index (χ1n) is 6.28. The average molecular weight is 236 g/mol. The van der Waals surface area contributed by atoms with E-state index in [9.17, 15) is 9.90 Å². The summed E-state index contributed by atoms with van der Waals surface area (Å²) in [4.78, 5) is 11.8. The number of amides is 1. The largest absolute Gasteiger partial charge is 0.389 e. The number of rotatable bonds is 4. The number of hydrogen-bond donors (Lipinski definition) is 2. The van der Waals surface area contributed by atoms with Crippen molar-refractivity contribution in [1.29, 1.82) is 0 Å². The summed E-state index contributed by atoms with van der Waals surface area (Å²) < 4.78 is 1.81. The summed E-state index contributed by atoms with van der Waals surface area (Å²) in [5.41, 5.74) is 0.846. The maximum absolute atomic E-state index is 11.8. The van der Waals surface area contributed by atoms with Crippen LogP contribution in [0.5, 0.6) is 0 Å². The van der Waals surface area contributed by atoms with Crippen LogP contribution in [0.2, 0.25) is 0 Å². The lowest BCUT2D eigenvalue weighted by molar-refractivity contribution is -0.122. The predicted octanol–water partition coefficient (Wildman–Crippen LogP) is 1.60. The van der Waals surface area contributed by atoms with Crippen molar-refractivity contribution in [3.05, 3.63) is 24.0 Å². The second-order valence-corrected chi connectivity index (χ2v) is 4.84. The molecule has 0 saturated heterocycles. The van der Waals surface area contributed by atoms with Gasteiger partial charge in [-0.3, -0.25) is 4.79 Å². The predicted molar refractivity (Wildman–Crippen MR) is 65.5 cm³/mol. The molecule has 2 N–H and O–H groups in total. The van der Waals surface area contributed by atoms with Gasteiger partial charge in [-0.2, -0.15) is 0 Å². The molecule has 0 bridgehead atoms. The maximum Gasteiger partial charge on any atom is 0.240 e. The van der Waals surface area contributed by atoms with Gasteiger partial charge in [0, 0.05) is 18.4 Å². The molecule has 17 heavy (non-hydrogen) atoms. The van der Waals surface area contributed by atoms with Crippen molar-refractivity contribution >= 4 is 5.91 Å². The summed E-state index contributed by atoms with van der Waals surface area (Å²) in [6, 6.07) is 2.21. The quantitative estimate of drug-likeness (QED) is 0.834. The van der Waals surface area contributed by atoms with E-state index in [0.717, 1.165) is 18.4 Å². The highest BCUT2D eigenvalue weighted by Crippen LogP contribution is 2.17. The van der Waals surface area contributed by atoms with E-state index in [-0.39, 0.29) is 5.91 Å². The highest BCUT2D eigenvalue weighted by atomic mass is 16.3. The molecule has 4 nitrogen and oxygen atoms in total. The lowest BCUT2D eigenvalue weighted by Gasteiger charge is -2.12. The Kier molecular flexibility index (Phi) is 3.84. The third-order valence-electron chi connectivity index (χ3n) is 3.30. The minimum absolute atomic E-state index is 0.0599. The molecule has 0 aliphatic heterocycles. The molecule has 1 atom stereocenters. The van der Waals surface area contributed by atoms with Gasteiger partial charge in [0.1, 0.15) is 6.54 Å². The van der Waals surface area contributed by atoms with Gasteiger partial charge in [-0.1, -0.05) is 12.8 Å². The highest BCUT2D eigenvalue weighted by Gasteiger charge is 2.17. The summed E-state index contributed by atoms with van der Waals surface area (Å²) in [6.45, 7) is 2.06. The Morgan fingerprint density at radius 2 is 2.29 bits per heavy atom. The lowest BCUT2D eigenvalue weighted by Crippen LogP contribution is -2.34. The summed E-state index contributed by atoms with van der Waals surface area (Å²) >= 11 is 0. The van der Waals surface area contributed by atoms with Gasteiger partial charge in [-0.25, -0.2) is 0 Å². The second kappa shape index (κ2) is 5.36. The number of nitrogens with zero attached hydrogens (tertiary/aromatic N) is 1. The molecule has 1 heterocycles. The Labute approximate surface area is 102 Å². The van der Waals surface area contributed by atoms with Crippen LogP contribution in [0.1, 0.15) is 44.3 Å². The van der Waals surface area contributed by atoms with Crippen LogP contribution >= 0.6 is 0 Å². The number of carbonyl (C=O) groups is 1.